The van der Waals surface area contributed by atoms with Gasteiger partial charge in [0.2, 0.25) is 0 Å². The third-order valence-corrected chi connectivity index (χ3v) is 1.04. The highest BCUT2D eigenvalue weighted by molar-refractivity contribution is 5.67. The molecule has 0 aliphatic carbocycles. The molecule has 0 aliphatic rings. The summed E-state index contributed by atoms with van der Waals surface area (Å²) in [6, 6.07) is 0. The Hall–Kier alpha value is -1.25. The van der Waals surface area contributed by atoms with Crippen LogP contribution in [0.1, 0.15) is 20.8 Å². The van der Waals surface area contributed by atoms with Crippen molar-refractivity contribution in [2.24, 2.45) is 0 Å². The van der Waals surface area contributed by atoms with Crippen molar-refractivity contribution >= 4 is 6.09 Å². The molecule has 0 rings (SSSR count). The SMILES string of the molecule is C=CC=CCNC(=O)OC(C)(C)C. The van der Waals surface area contributed by atoms with Crippen molar-refractivity contribution in [2.75, 3.05) is 6.54 Å². The maximum absolute atomic E-state index is 11.0. The van der Waals surface area contributed by atoms with Crippen molar-refractivity contribution in [1.29, 1.82) is 0 Å². The second kappa shape index (κ2) is 5.41. The van der Waals surface area contributed by atoms with Gasteiger partial charge in [-0.3, -0.25) is 0 Å². The molecule has 74 valence electrons. The van der Waals surface area contributed by atoms with Crippen LogP contribution in [0, 0.1) is 0 Å². The highest BCUT2D eigenvalue weighted by Crippen LogP contribution is 2.05. The molecule has 0 saturated heterocycles. The Morgan fingerprint density at radius 1 is 1.54 bits per heavy atom. The van der Waals surface area contributed by atoms with Crippen molar-refractivity contribution in [1.82, 2.24) is 5.32 Å². The Balaban J connectivity index is 3.64. The van der Waals surface area contributed by atoms with Gasteiger partial charge in [-0.15, -0.1) is 0 Å². The first kappa shape index (κ1) is 11.8. The highest BCUT2D eigenvalue weighted by Gasteiger charge is 2.14. The van der Waals surface area contributed by atoms with Gasteiger partial charge in [-0.2, -0.15) is 0 Å². The van der Waals surface area contributed by atoms with E-state index >= 15 is 0 Å². The van der Waals surface area contributed by atoms with E-state index in [1.54, 1.807) is 18.2 Å². The lowest BCUT2D eigenvalue weighted by molar-refractivity contribution is 0.0534. The van der Waals surface area contributed by atoms with Gasteiger partial charge in [0.05, 0.1) is 0 Å². The minimum absolute atomic E-state index is 0.402. The molecule has 0 atom stereocenters. The molecule has 0 heterocycles. The lowest BCUT2D eigenvalue weighted by atomic mass is 10.2. The quantitative estimate of drug-likeness (QED) is 0.681. The van der Waals surface area contributed by atoms with Gasteiger partial charge >= 0.3 is 6.09 Å². The minimum atomic E-state index is -0.438. The first-order valence-electron chi connectivity index (χ1n) is 4.20. The van der Waals surface area contributed by atoms with E-state index < -0.39 is 11.7 Å². The van der Waals surface area contributed by atoms with Gasteiger partial charge in [-0.1, -0.05) is 24.8 Å². The molecule has 0 aromatic carbocycles. The van der Waals surface area contributed by atoms with Crippen molar-refractivity contribution in [3.05, 3.63) is 24.8 Å². The monoisotopic (exact) mass is 183 g/mol. The fraction of sp³-hybridized carbons (Fsp3) is 0.500. The van der Waals surface area contributed by atoms with Crippen LogP contribution in [-0.2, 0) is 4.74 Å². The average Bonchev–Trinajstić information content (AvgIpc) is 1.94. The topological polar surface area (TPSA) is 38.3 Å². The molecule has 3 heteroatoms. The van der Waals surface area contributed by atoms with Crippen LogP contribution in [-0.4, -0.2) is 18.2 Å². The van der Waals surface area contributed by atoms with Crippen LogP contribution in [0.5, 0.6) is 0 Å². The molecule has 0 aromatic heterocycles. The highest BCUT2D eigenvalue weighted by atomic mass is 16.6. The Kier molecular flexibility index (Phi) is 4.89. The second-order valence-electron chi connectivity index (χ2n) is 3.55. The predicted molar refractivity (Wildman–Crippen MR) is 53.6 cm³/mol. The summed E-state index contributed by atoms with van der Waals surface area (Å²) in [5.74, 6) is 0. The molecule has 13 heavy (non-hydrogen) atoms. The molecule has 1 amide bonds. The Morgan fingerprint density at radius 2 is 2.15 bits per heavy atom. The summed E-state index contributed by atoms with van der Waals surface area (Å²) in [6.45, 7) is 9.44. The number of amides is 1. The van der Waals surface area contributed by atoms with Gasteiger partial charge in [0.1, 0.15) is 5.60 Å². The van der Waals surface area contributed by atoms with Crippen LogP contribution >= 0.6 is 0 Å². The first-order valence-corrected chi connectivity index (χ1v) is 4.20. The smallest absolute Gasteiger partial charge is 0.407 e. The van der Waals surface area contributed by atoms with E-state index in [1.807, 2.05) is 20.8 Å². The van der Waals surface area contributed by atoms with E-state index in [0.29, 0.717) is 6.54 Å². The standard InChI is InChI=1S/C10H17NO2/c1-5-6-7-8-11-9(12)13-10(2,3)4/h5-7H,1,8H2,2-4H3,(H,11,12). The summed E-state index contributed by atoms with van der Waals surface area (Å²) in [5.41, 5.74) is -0.438. The summed E-state index contributed by atoms with van der Waals surface area (Å²) >= 11 is 0. The first-order chi connectivity index (χ1) is 5.95. The summed E-state index contributed by atoms with van der Waals surface area (Å²) in [4.78, 5) is 11.0. The number of alkyl carbamates (subject to hydrolysis) is 1. The van der Waals surface area contributed by atoms with Gasteiger partial charge in [-0.05, 0) is 20.8 Å². The maximum atomic E-state index is 11.0. The van der Waals surface area contributed by atoms with Crippen molar-refractivity contribution in [2.45, 2.75) is 26.4 Å². The van der Waals surface area contributed by atoms with E-state index in [0.717, 1.165) is 0 Å². The molecule has 0 aliphatic heterocycles. The third-order valence-electron chi connectivity index (χ3n) is 1.04. The zero-order chi connectivity index (χ0) is 10.3. The van der Waals surface area contributed by atoms with Gasteiger partial charge < -0.3 is 10.1 Å². The van der Waals surface area contributed by atoms with Crippen molar-refractivity contribution in [3.8, 4) is 0 Å². The van der Waals surface area contributed by atoms with E-state index in [2.05, 4.69) is 11.9 Å². The molecule has 0 radical (unpaired) electrons. The fourth-order valence-corrected chi connectivity index (χ4v) is 0.621. The Labute approximate surface area is 79.5 Å². The molecule has 0 saturated carbocycles. The molecule has 0 bridgehead atoms. The Bertz CT molecular complexity index is 201. The van der Waals surface area contributed by atoms with Gasteiger partial charge in [-0.25, -0.2) is 4.79 Å². The predicted octanol–water partition coefficient (Wildman–Crippen LogP) is 2.25. The summed E-state index contributed by atoms with van der Waals surface area (Å²) in [6.07, 6.45) is 4.80. The lowest BCUT2D eigenvalue weighted by Crippen LogP contribution is -2.32. The van der Waals surface area contributed by atoms with Crippen LogP contribution in [0.3, 0.4) is 0 Å². The number of nitrogens with one attached hydrogen (secondary N) is 1. The van der Waals surface area contributed by atoms with Crippen molar-refractivity contribution in [3.63, 3.8) is 0 Å². The van der Waals surface area contributed by atoms with Crippen molar-refractivity contribution < 1.29 is 9.53 Å². The van der Waals surface area contributed by atoms with Crippen LogP contribution < -0.4 is 5.32 Å². The number of allylic oxidation sites excluding steroid dienone is 2. The molecule has 3 nitrogen and oxygen atoms in total. The van der Waals surface area contributed by atoms with Crippen LogP contribution in [0.2, 0.25) is 0 Å². The average molecular weight is 183 g/mol. The molecular formula is C10H17NO2. The van der Waals surface area contributed by atoms with E-state index in [1.165, 1.54) is 0 Å². The number of carbonyl (C=O) groups excluding carboxylic acids is 1. The van der Waals surface area contributed by atoms with Gasteiger partial charge in [0.15, 0.2) is 0 Å². The number of hydrogen-bond donors (Lipinski definition) is 1. The molecule has 1 N–H and O–H groups in total. The van der Waals surface area contributed by atoms with E-state index in [4.69, 9.17) is 4.74 Å². The largest absolute Gasteiger partial charge is 0.444 e. The number of carbonyl (C=O) groups is 1. The number of hydrogen-bond acceptors (Lipinski definition) is 2. The molecule has 0 aromatic rings. The summed E-state index contributed by atoms with van der Waals surface area (Å²) < 4.78 is 5.01. The Morgan fingerprint density at radius 3 is 2.62 bits per heavy atom. The van der Waals surface area contributed by atoms with E-state index in [9.17, 15) is 4.79 Å². The van der Waals surface area contributed by atoms with Crippen LogP contribution in [0.15, 0.2) is 24.8 Å². The normalized spacial score (nSPS) is 11.3. The molecule has 0 fully saturated rings. The van der Waals surface area contributed by atoms with Crippen LogP contribution in [0.25, 0.3) is 0 Å². The zero-order valence-corrected chi connectivity index (χ0v) is 8.46. The zero-order valence-electron chi connectivity index (χ0n) is 8.46. The summed E-state index contributed by atoms with van der Waals surface area (Å²) in [5, 5.41) is 2.58. The molecular weight excluding hydrogens is 166 g/mol. The minimum Gasteiger partial charge on any atom is -0.444 e. The lowest BCUT2D eigenvalue weighted by Gasteiger charge is -2.19. The molecule has 0 unspecified atom stereocenters. The number of rotatable bonds is 3. The van der Waals surface area contributed by atoms with Gasteiger partial charge in [0.25, 0.3) is 0 Å². The third kappa shape index (κ3) is 8.66. The second-order valence-corrected chi connectivity index (χ2v) is 3.55. The fourth-order valence-electron chi connectivity index (χ4n) is 0.621. The van der Waals surface area contributed by atoms with Gasteiger partial charge in [0, 0.05) is 6.54 Å². The molecule has 0 spiro atoms. The summed E-state index contributed by atoms with van der Waals surface area (Å²) in [7, 11) is 0. The maximum Gasteiger partial charge on any atom is 0.407 e. The van der Waals surface area contributed by atoms with E-state index in [-0.39, 0.29) is 0 Å². The number of ether oxygens (including phenoxy) is 1. The van der Waals surface area contributed by atoms with Crippen LogP contribution in [0.4, 0.5) is 4.79 Å².